The van der Waals surface area contributed by atoms with Crippen molar-refractivity contribution in [3.8, 4) is 5.75 Å². The minimum atomic E-state index is -1.28. The Kier molecular flexibility index (Phi) is 9.27. The first-order valence-corrected chi connectivity index (χ1v) is 11.9. The van der Waals surface area contributed by atoms with E-state index < -0.39 is 35.8 Å². The molecule has 1 unspecified atom stereocenters. The number of ether oxygens (including phenoxy) is 2. The number of benzene rings is 2. The summed E-state index contributed by atoms with van der Waals surface area (Å²) >= 11 is 0.982. The molecule has 4 amide bonds. The summed E-state index contributed by atoms with van der Waals surface area (Å²) in [5.74, 6) is -1.67. The fraction of sp³-hybridized carbons (Fsp3) is 0.240. The normalized spacial score (nSPS) is 12.1. The van der Waals surface area contributed by atoms with Gasteiger partial charge in [-0.05, 0) is 18.6 Å². The lowest BCUT2D eigenvalue weighted by molar-refractivity contribution is -0.127. The first kappa shape index (κ1) is 27.3. The Morgan fingerprint density at radius 1 is 1.16 bits per heavy atom. The lowest BCUT2D eigenvalue weighted by Gasteiger charge is -2.27. The molecule has 0 aliphatic rings. The van der Waals surface area contributed by atoms with Gasteiger partial charge in [-0.1, -0.05) is 36.4 Å². The van der Waals surface area contributed by atoms with Crippen LogP contribution in [0.5, 0.6) is 5.75 Å². The van der Waals surface area contributed by atoms with Crippen LogP contribution in [0.3, 0.4) is 0 Å². The lowest BCUT2D eigenvalue weighted by atomic mass is 10.0. The van der Waals surface area contributed by atoms with Gasteiger partial charge in [-0.25, -0.2) is 19.0 Å². The fourth-order valence-corrected chi connectivity index (χ4v) is 4.14. The van der Waals surface area contributed by atoms with Gasteiger partial charge < -0.3 is 20.1 Å². The van der Waals surface area contributed by atoms with Crippen LogP contribution < -0.4 is 15.4 Å². The number of imide groups is 1. The summed E-state index contributed by atoms with van der Waals surface area (Å²) in [6.07, 6.45) is 0.237. The van der Waals surface area contributed by atoms with Crippen LogP contribution in [-0.2, 0) is 20.7 Å². The maximum atomic E-state index is 14.5. The van der Waals surface area contributed by atoms with Crippen molar-refractivity contribution in [3.05, 3.63) is 76.5 Å². The van der Waals surface area contributed by atoms with Gasteiger partial charge in [-0.3, -0.25) is 14.5 Å². The Balaban J connectivity index is 1.83. The molecule has 1 aromatic heterocycles. The standard InChI is InChI=1S/C25H25FN4O6S/c1-15(18-10-9-17(35-2)12-19(18)26)27-25(34)30(14-31)21(11-16-7-5-4-6-8-16)22(32)29-24-28-20(13-37-24)23(33)36-3/h4-10,12-15,21H,11H2,1-3H3,(H,27,34)(H,28,29,32)/t15-,21?/m0/s1. The van der Waals surface area contributed by atoms with Gasteiger partial charge in [0.25, 0.3) is 0 Å². The lowest BCUT2D eigenvalue weighted by Crippen LogP contribution is -2.52. The van der Waals surface area contributed by atoms with Gasteiger partial charge in [0.1, 0.15) is 17.6 Å². The molecule has 3 rings (SSSR count). The molecule has 1 heterocycles. The zero-order chi connectivity index (χ0) is 26.9. The Morgan fingerprint density at radius 3 is 2.51 bits per heavy atom. The minimum Gasteiger partial charge on any atom is -0.497 e. The highest BCUT2D eigenvalue weighted by Gasteiger charge is 2.32. The van der Waals surface area contributed by atoms with Crippen molar-refractivity contribution in [2.45, 2.75) is 25.4 Å². The maximum absolute atomic E-state index is 14.5. The van der Waals surface area contributed by atoms with E-state index in [2.05, 4.69) is 20.4 Å². The molecule has 0 saturated carbocycles. The third kappa shape index (κ3) is 6.88. The number of hydrogen-bond acceptors (Lipinski definition) is 8. The molecule has 10 nitrogen and oxygen atoms in total. The van der Waals surface area contributed by atoms with Crippen LogP contribution in [0.15, 0.2) is 53.9 Å². The highest BCUT2D eigenvalue weighted by atomic mass is 32.1. The van der Waals surface area contributed by atoms with E-state index in [0.717, 1.165) is 11.3 Å². The van der Waals surface area contributed by atoms with E-state index in [9.17, 15) is 23.6 Å². The van der Waals surface area contributed by atoms with Gasteiger partial charge in [0.05, 0.1) is 20.3 Å². The van der Waals surface area contributed by atoms with E-state index >= 15 is 0 Å². The van der Waals surface area contributed by atoms with Gasteiger partial charge in [-0.2, -0.15) is 0 Å². The van der Waals surface area contributed by atoms with E-state index in [4.69, 9.17) is 4.74 Å². The maximum Gasteiger partial charge on any atom is 0.357 e. The molecule has 2 aromatic carbocycles. The van der Waals surface area contributed by atoms with E-state index in [1.807, 2.05) is 0 Å². The van der Waals surface area contributed by atoms with Crippen molar-refractivity contribution in [1.29, 1.82) is 0 Å². The van der Waals surface area contributed by atoms with Crippen LogP contribution in [0.25, 0.3) is 0 Å². The van der Waals surface area contributed by atoms with Crippen molar-refractivity contribution in [1.82, 2.24) is 15.2 Å². The molecular weight excluding hydrogens is 503 g/mol. The zero-order valence-corrected chi connectivity index (χ0v) is 21.1. The van der Waals surface area contributed by atoms with Gasteiger partial charge in [0.2, 0.25) is 12.3 Å². The summed E-state index contributed by atoms with van der Waals surface area (Å²) in [5.41, 5.74) is 0.857. The predicted molar refractivity (Wildman–Crippen MR) is 134 cm³/mol. The second-order valence-corrected chi connectivity index (χ2v) is 8.65. The summed E-state index contributed by atoms with van der Waals surface area (Å²) in [4.78, 5) is 54.8. The van der Waals surface area contributed by atoms with Crippen LogP contribution in [0.1, 0.15) is 34.6 Å². The number of methoxy groups -OCH3 is 2. The SMILES string of the molecule is COC(=O)c1csc(NC(=O)C(Cc2ccccc2)N(C=O)C(=O)N[C@@H](C)c2ccc(OC)cc2F)n1. The van der Waals surface area contributed by atoms with E-state index in [1.54, 1.807) is 43.3 Å². The number of carbonyl (C=O) groups excluding carboxylic acids is 4. The summed E-state index contributed by atoms with van der Waals surface area (Å²) in [6, 6.07) is 9.96. The molecule has 2 N–H and O–H groups in total. The number of aromatic nitrogens is 1. The van der Waals surface area contributed by atoms with Crippen molar-refractivity contribution < 1.29 is 33.0 Å². The van der Waals surface area contributed by atoms with Gasteiger partial charge in [0.15, 0.2) is 10.8 Å². The number of rotatable bonds is 10. The fourth-order valence-electron chi connectivity index (χ4n) is 3.46. The van der Waals surface area contributed by atoms with Gasteiger partial charge >= 0.3 is 12.0 Å². The van der Waals surface area contributed by atoms with Crippen molar-refractivity contribution in [2.75, 3.05) is 19.5 Å². The van der Waals surface area contributed by atoms with Crippen LogP contribution in [0.4, 0.5) is 14.3 Å². The van der Waals surface area contributed by atoms with Gasteiger partial charge in [0, 0.05) is 23.4 Å². The third-order valence-corrected chi connectivity index (χ3v) is 6.16. The number of urea groups is 1. The Bertz CT molecular complexity index is 1270. The van der Waals surface area contributed by atoms with E-state index in [0.29, 0.717) is 16.2 Å². The topological polar surface area (TPSA) is 127 Å². The molecule has 0 radical (unpaired) electrons. The average molecular weight is 529 g/mol. The minimum absolute atomic E-state index is 0.000650. The van der Waals surface area contributed by atoms with Crippen LogP contribution >= 0.6 is 11.3 Å². The Hall–Kier alpha value is -4.32. The molecule has 0 bridgehead atoms. The van der Waals surface area contributed by atoms with Crippen LogP contribution in [0, 0.1) is 5.82 Å². The molecular formula is C25H25FN4O6S. The number of esters is 1. The Labute approximate surface area is 216 Å². The highest BCUT2D eigenvalue weighted by molar-refractivity contribution is 7.14. The predicted octanol–water partition coefficient (Wildman–Crippen LogP) is 3.56. The number of nitrogens with one attached hydrogen (secondary N) is 2. The first-order chi connectivity index (χ1) is 17.8. The van der Waals surface area contributed by atoms with Crippen LogP contribution in [0.2, 0.25) is 0 Å². The van der Waals surface area contributed by atoms with E-state index in [1.165, 1.54) is 31.7 Å². The highest BCUT2D eigenvalue weighted by Crippen LogP contribution is 2.23. The molecule has 12 heteroatoms. The van der Waals surface area contributed by atoms with Crippen molar-refractivity contribution >= 4 is 40.8 Å². The molecule has 194 valence electrons. The average Bonchev–Trinajstić information content (AvgIpc) is 3.36. The second-order valence-electron chi connectivity index (χ2n) is 7.80. The molecule has 0 spiro atoms. The monoisotopic (exact) mass is 528 g/mol. The number of thiazole rings is 1. The summed E-state index contributed by atoms with van der Waals surface area (Å²) in [7, 11) is 2.61. The third-order valence-electron chi connectivity index (χ3n) is 5.40. The quantitative estimate of drug-likeness (QED) is 0.304. The van der Waals surface area contributed by atoms with Crippen LogP contribution in [-0.4, -0.2) is 54.5 Å². The molecule has 37 heavy (non-hydrogen) atoms. The largest absolute Gasteiger partial charge is 0.497 e. The first-order valence-electron chi connectivity index (χ1n) is 11.0. The molecule has 3 aromatic rings. The number of nitrogens with zero attached hydrogens (tertiary/aromatic N) is 2. The molecule has 0 aliphatic carbocycles. The number of amides is 4. The molecule has 0 fully saturated rings. The van der Waals surface area contributed by atoms with E-state index in [-0.39, 0.29) is 29.2 Å². The zero-order valence-electron chi connectivity index (χ0n) is 20.3. The molecule has 0 aliphatic heterocycles. The summed E-state index contributed by atoms with van der Waals surface area (Å²) in [5, 5.41) is 6.59. The number of halogens is 1. The number of carbonyl (C=O) groups is 4. The summed E-state index contributed by atoms with van der Waals surface area (Å²) < 4.78 is 24.1. The number of hydrogen-bond donors (Lipinski definition) is 2. The summed E-state index contributed by atoms with van der Waals surface area (Å²) in [6.45, 7) is 1.54. The smallest absolute Gasteiger partial charge is 0.357 e. The van der Waals surface area contributed by atoms with Gasteiger partial charge in [-0.15, -0.1) is 11.3 Å². The second kappa shape index (κ2) is 12.6. The number of anilines is 1. The van der Waals surface area contributed by atoms with Crippen molar-refractivity contribution in [2.24, 2.45) is 0 Å². The van der Waals surface area contributed by atoms with Crippen molar-refractivity contribution in [3.63, 3.8) is 0 Å². The molecule has 2 atom stereocenters. The Morgan fingerprint density at radius 2 is 1.89 bits per heavy atom. The molecule has 0 saturated heterocycles.